The molecule has 0 saturated heterocycles. The Bertz CT molecular complexity index is 3780. The number of allylic oxidation sites excluding steroid dienone is 1. The van der Waals surface area contributed by atoms with E-state index in [4.69, 9.17) is 14.7 Å². The molecule has 0 saturated carbocycles. The molecule has 0 spiro atoms. The lowest BCUT2D eigenvalue weighted by molar-refractivity contribution is 0.302. The summed E-state index contributed by atoms with van der Waals surface area (Å²) in [7, 11) is 0. The first-order chi connectivity index (χ1) is 31.1. The van der Waals surface area contributed by atoms with Gasteiger partial charge in [-0.1, -0.05) is 183 Å². The molecular formula is C58H38N4O. The third-order valence-electron chi connectivity index (χ3n) is 12.5. The number of para-hydroxylation sites is 1. The van der Waals surface area contributed by atoms with Crippen molar-refractivity contribution in [2.45, 2.75) is 6.61 Å². The third-order valence-corrected chi connectivity index (χ3v) is 12.5. The molecule has 63 heavy (non-hydrogen) atoms. The van der Waals surface area contributed by atoms with Crippen molar-refractivity contribution in [1.29, 1.82) is 5.41 Å². The van der Waals surface area contributed by atoms with E-state index >= 15 is 0 Å². The van der Waals surface area contributed by atoms with Crippen LogP contribution in [0, 0.1) is 5.41 Å². The summed E-state index contributed by atoms with van der Waals surface area (Å²) < 4.78 is 9.47. The number of ether oxygens (including phenoxy) is 1. The van der Waals surface area contributed by atoms with Crippen LogP contribution in [0.1, 0.15) is 22.3 Å². The normalized spacial score (nSPS) is 12.8. The van der Waals surface area contributed by atoms with Crippen molar-refractivity contribution in [3.8, 4) is 22.6 Å². The van der Waals surface area contributed by atoms with Gasteiger partial charge in [-0.2, -0.15) is 0 Å². The zero-order chi connectivity index (χ0) is 42.0. The van der Waals surface area contributed by atoms with Crippen molar-refractivity contribution in [2.75, 3.05) is 0 Å². The first-order valence-electron chi connectivity index (χ1n) is 21.2. The summed E-state index contributed by atoms with van der Waals surface area (Å²) in [6.45, 7) is 4.80. The fourth-order valence-corrected chi connectivity index (χ4v) is 9.70. The van der Waals surface area contributed by atoms with E-state index in [2.05, 4.69) is 151 Å². The fraction of sp³-hybridized carbons (Fsp3) is 0.0172. The molecule has 2 heterocycles. The van der Waals surface area contributed by atoms with Gasteiger partial charge in [0.25, 0.3) is 0 Å². The van der Waals surface area contributed by atoms with Crippen LogP contribution in [-0.4, -0.2) is 22.0 Å². The maximum absolute atomic E-state index is 9.55. The summed E-state index contributed by atoms with van der Waals surface area (Å²) in [4.78, 5) is 10.6. The molecule has 1 aliphatic heterocycles. The molecule has 0 bridgehead atoms. The Morgan fingerprint density at radius 2 is 1.10 bits per heavy atom. The number of hydrogen-bond acceptors (Lipinski definition) is 2. The Morgan fingerprint density at radius 3 is 1.84 bits per heavy atom. The second-order valence-electron chi connectivity index (χ2n) is 16.0. The van der Waals surface area contributed by atoms with Crippen LogP contribution in [0.15, 0.2) is 217 Å². The van der Waals surface area contributed by atoms with Crippen molar-refractivity contribution < 1.29 is 4.74 Å². The number of benzene rings is 10. The van der Waals surface area contributed by atoms with Crippen molar-refractivity contribution in [3.63, 3.8) is 0 Å². The summed E-state index contributed by atoms with van der Waals surface area (Å²) in [5, 5.41) is 20.4. The number of aromatic nitrogens is 1. The molecule has 0 atom stereocenters. The monoisotopic (exact) mass is 806 g/mol. The zero-order valence-corrected chi connectivity index (χ0v) is 34.2. The van der Waals surface area contributed by atoms with Crippen LogP contribution < -0.4 is 4.74 Å². The van der Waals surface area contributed by atoms with Gasteiger partial charge in [-0.25, -0.2) is 9.98 Å². The summed E-state index contributed by atoms with van der Waals surface area (Å²) in [5.74, 6) is 1.26. The molecule has 1 aliphatic rings. The molecule has 296 valence electrons. The Balaban J connectivity index is 1.18. The van der Waals surface area contributed by atoms with Gasteiger partial charge >= 0.3 is 0 Å². The first kappa shape index (κ1) is 36.4. The maximum atomic E-state index is 9.55. The molecule has 0 fully saturated rings. The van der Waals surface area contributed by atoms with Gasteiger partial charge in [0.15, 0.2) is 11.7 Å². The van der Waals surface area contributed by atoms with Crippen LogP contribution >= 0.6 is 0 Å². The second-order valence-corrected chi connectivity index (χ2v) is 16.0. The van der Waals surface area contributed by atoms with E-state index in [1.165, 1.54) is 21.5 Å². The number of fused-ring (bicyclic) bond motifs is 10. The minimum Gasteiger partial charge on any atom is -0.487 e. The molecule has 10 aromatic carbocycles. The molecule has 0 aliphatic carbocycles. The Labute approximate surface area is 363 Å². The third kappa shape index (κ3) is 5.82. The van der Waals surface area contributed by atoms with Crippen molar-refractivity contribution in [2.24, 2.45) is 9.98 Å². The van der Waals surface area contributed by atoms with Gasteiger partial charge in [-0.3, -0.25) is 5.41 Å². The van der Waals surface area contributed by atoms with Crippen LogP contribution in [0.25, 0.3) is 81.7 Å². The number of aliphatic imine (C=N–C) groups is 2. The highest BCUT2D eigenvalue weighted by Crippen LogP contribution is 2.50. The molecule has 1 N–H and O–H groups in total. The minimum absolute atomic E-state index is 0.119. The summed E-state index contributed by atoms with van der Waals surface area (Å²) in [6.07, 6.45) is 1.81. The fourth-order valence-electron chi connectivity index (χ4n) is 9.70. The summed E-state index contributed by atoms with van der Waals surface area (Å²) >= 11 is 0. The molecule has 0 radical (unpaired) electrons. The van der Waals surface area contributed by atoms with Gasteiger partial charge in [-0.15, -0.1) is 0 Å². The lowest BCUT2D eigenvalue weighted by Gasteiger charge is -2.29. The maximum Gasteiger partial charge on any atom is 0.162 e. The average molecular weight is 807 g/mol. The lowest BCUT2D eigenvalue weighted by Crippen LogP contribution is -2.15. The van der Waals surface area contributed by atoms with Gasteiger partial charge in [0.2, 0.25) is 0 Å². The molecule has 1 aromatic heterocycles. The van der Waals surface area contributed by atoms with E-state index in [-0.39, 0.29) is 5.84 Å². The SMILES string of the molecule is C=C/C(=N\C(=N/C(=N)c1cccc2ccccc12)c1cccc2ccccc12)c1c2c(c(-n3c4ccccc4c4cc5ccccc5cc43)c3ccccc13)-c1ccccc1CO2. The van der Waals surface area contributed by atoms with E-state index in [1.54, 1.807) is 6.08 Å². The minimum atomic E-state index is 0.119. The number of hydrogen-bond donors (Lipinski definition) is 1. The zero-order valence-electron chi connectivity index (χ0n) is 34.2. The van der Waals surface area contributed by atoms with E-state index in [9.17, 15) is 5.41 Å². The van der Waals surface area contributed by atoms with Crippen LogP contribution in [0.5, 0.6) is 5.75 Å². The largest absolute Gasteiger partial charge is 0.487 e. The van der Waals surface area contributed by atoms with Gasteiger partial charge < -0.3 is 9.30 Å². The van der Waals surface area contributed by atoms with Crippen LogP contribution in [0.3, 0.4) is 0 Å². The van der Waals surface area contributed by atoms with Gasteiger partial charge in [-0.05, 0) is 73.1 Å². The van der Waals surface area contributed by atoms with Crippen molar-refractivity contribution in [3.05, 3.63) is 229 Å². The van der Waals surface area contributed by atoms with Crippen LogP contribution in [-0.2, 0) is 6.61 Å². The highest BCUT2D eigenvalue weighted by atomic mass is 16.5. The van der Waals surface area contributed by atoms with Gasteiger partial charge in [0.1, 0.15) is 12.4 Å². The van der Waals surface area contributed by atoms with Crippen LogP contribution in [0.2, 0.25) is 0 Å². The second kappa shape index (κ2) is 14.6. The van der Waals surface area contributed by atoms with E-state index in [1.807, 2.05) is 54.6 Å². The Morgan fingerprint density at radius 1 is 0.524 bits per heavy atom. The Hall–Kier alpha value is -8.41. The van der Waals surface area contributed by atoms with Crippen molar-refractivity contribution >= 4 is 82.3 Å². The number of nitrogens with zero attached hydrogens (tertiary/aromatic N) is 3. The predicted octanol–water partition coefficient (Wildman–Crippen LogP) is 14.4. The van der Waals surface area contributed by atoms with E-state index in [0.29, 0.717) is 18.2 Å². The molecule has 11 aromatic rings. The Kier molecular flexibility index (Phi) is 8.47. The van der Waals surface area contributed by atoms with Crippen LogP contribution in [0.4, 0.5) is 0 Å². The smallest absolute Gasteiger partial charge is 0.162 e. The summed E-state index contributed by atoms with van der Waals surface area (Å²) in [6, 6.07) is 67.6. The van der Waals surface area contributed by atoms with Gasteiger partial charge in [0, 0.05) is 32.8 Å². The topological polar surface area (TPSA) is 62.7 Å². The number of nitrogens with one attached hydrogen (secondary N) is 1. The highest BCUT2D eigenvalue weighted by molar-refractivity contribution is 6.28. The molecule has 5 nitrogen and oxygen atoms in total. The molecule has 0 amide bonds. The lowest BCUT2D eigenvalue weighted by atomic mass is 9.87. The predicted molar refractivity (Wildman–Crippen MR) is 264 cm³/mol. The van der Waals surface area contributed by atoms with E-state index < -0.39 is 0 Å². The number of amidine groups is 2. The molecule has 0 unspecified atom stereocenters. The molecule has 5 heteroatoms. The molecular weight excluding hydrogens is 769 g/mol. The van der Waals surface area contributed by atoms with Crippen molar-refractivity contribution in [1.82, 2.24) is 4.57 Å². The standard InChI is InChI=1S/C58H38N4O/c1-2-50(60-58(48-31-16-23-37-18-6-9-25-42(37)48)61-57(59)47-30-15-22-36-17-5-8-24-41(36)47)53-45-28-11-12-29-46(45)55(54-43-26-10-7-21-40(43)35-63-56(53)54)62-51-32-14-13-27-44(51)49-33-38-19-3-4-20-39(38)34-52(49)62/h2-34,59H,1,35H2/b59-57?,60-50+,61-58-. The van der Waals surface area contributed by atoms with Gasteiger partial charge in [0.05, 0.1) is 28.0 Å². The quantitative estimate of drug-likeness (QED) is 0.137. The summed E-state index contributed by atoms with van der Waals surface area (Å²) in [5.41, 5.74) is 9.44. The van der Waals surface area contributed by atoms with E-state index in [0.717, 1.165) is 88.2 Å². The first-order valence-corrected chi connectivity index (χ1v) is 21.2. The molecule has 12 rings (SSSR count). The number of rotatable bonds is 5. The average Bonchev–Trinajstić information content (AvgIpc) is 3.65. The highest BCUT2D eigenvalue weighted by Gasteiger charge is 2.31.